The molecule has 1 aromatic carbocycles. The molecule has 0 saturated heterocycles. The van der Waals surface area contributed by atoms with Crippen LogP contribution in [0.2, 0.25) is 0 Å². The van der Waals surface area contributed by atoms with E-state index in [0.29, 0.717) is 33.8 Å². The second-order valence-electron chi connectivity index (χ2n) is 7.89. The molecule has 0 unspecified atom stereocenters. The van der Waals surface area contributed by atoms with Crippen LogP contribution in [0.4, 0.5) is 19.1 Å². The van der Waals surface area contributed by atoms with Crippen molar-refractivity contribution in [1.29, 1.82) is 0 Å². The highest BCUT2D eigenvalue weighted by molar-refractivity contribution is 5.85. The summed E-state index contributed by atoms with van der Waals surface area (Å²) in [6.45, 7) is 5.55. The average molecular weight is 469 g/mol. The molecule has 0 amide bonds. The normalized spacial score (nSPS) is 11.4. The fraction of sp³-hybridized carbons (Fsp3) is 0.261. The van der Waals surface area contributed by atoms with E-state index in [1.165, 1.54) is 30.3 Å². The Bertz CT molecular complexity index is 1310. The fourth-order valence-electron chi connectivity index (χ4n) is 3.53. The van der Waals surface area contributed by atoms with E-state index in [-0.39, 0.29) is 24.5 Å². The van der Waals surface area contributed by atoms with Crippen molar-refractivity contribution in [3.05, 3.63) is 65.5 Å². The molecule has 3 heterocycles. The van der Waals surface area contributed by atoms with Gasteiger partial charge in [-0.3, -0.25) is 4.98 Å². The van der Waals surface area contributed by atoms with E-state index in [0.717, 1.165) is 0 Å². The van der Waals surface area contributed by atoms with E-state index in [2.05, 4.69) is 25.3 Å². The van der Waals surface area contributed by atoms with E-state index in [1.54, 1.807) is 23.9 Å². The van der Waals surface area contributed by atoms with Crippen LogP contribution < -0.4 is 10.5 Å². The summed E-state index contributed by atoms with van der Waals surface area (Å²) in [4.78, 5) is 12.5. The number of aryl methyl sites for hydroxylation is 1. The molecule has 0 atom stereocenters. The Morgan fingerprint density at radius 2 is 1.76 bits per heavy atom. The summed E-state index contributed by atoms with van der Waals surface area (Å²) in [7, 11) is 0. The van der Waals surface area contributed by atoms with E-state index in [1.807, 2.05) is 13.8 Å². The van der Waals surface area contributed by atoms with Gasteiger partial charge in [-0.1, -0.05) is 5.21 Å². The van der Waals surface area contributed by atoms with Crippen molar-refractivity contribution in [3.63, 3.8) is 0 Å². The summed E-state index contributed by atoms with van der Waals surface area (Å²) in [5.41, 5.74) is 8.15. The number of ether oxygens (including phenoxy) is 1. The van der Waals surface area contributed by atoms with Crippen LogP contribution in [-0.2, 0) is 6.61 Å². The van der Waals surface area contributed by atoms with Crippen molar-refractivity contribution in [2.75, 3.05) is 5.73 Å². The van der Waals surface area contributed by atoms with Gasteiger partial charge in [0.25, 0.3) is 6.43 Å². The van der Waals surface area contributed by atoms with Crippen LogP contribution >= 0.6 is 0 Å². The molecule has 0 radical (unpaired) electrons. The molecule has 34 heavy (non-hydrogen) atoms. The van der Waals surface area contributed by atoms with Gasteiger partial charge in [0.15, 0.2) is 0 Å². The number of aromatic nitrogens is 6. The van der Waals surface area contributed by atoms with Crippen LogP contribution in [0.3, 0.4) is 0 Å². The maximum atomic E-state index is 13.6. The summed E-state index contributed by atoms with van der Waals surface area (Å²) in [5, 5.41) is 7.96. The van der Waals surface area contributed by atoms with E-state index in [9.17, 15) is 13.2 Å². The standard InChI is InChI=1S/C23H22F3N7O/c1-12(2)33-17(10-28-32-33)11-34-22-19(15-8-13(3)29-18(9-15)21(25)26)20(30-23(27)31-22)14-4-6-16(24)7-5-14/h4-10,12,21H,11H2,1-3H3,(H2,27,30,31). The molecular formula is C23H22F3N7O. The molecule has 0 aliphatic heterocycles. The lowest BCUT2D eigenvalue weighted by Crippen LogP contribution is -2.11. The van der Waals surface area contributed by atoms with Crippen LogP contribution in [-0.4, -0.2) is 29.9 Å². The summed E-state index contributed by atoms with van der Waals surface area (Å²) in [6.07, 6.45) is -1.21. The molecule has 0 aliphatic carbocycles. The number of nitrogens with zero attached hydrogens (tertiary/aromatic N) is 6. The number of alkyl halides is 2. The topological polar surface area (TPSA) is 105 Å². The molecular weight excluding hydrogens is 447 g/mol. The minimum absolute atomic E-state index is 0.0438. The Hall–Kier alpha value is -4.02. The van der Waals surface area contributed by atoms with Gasteiger partial charge in [-0.05, 0) is 62.7 Å². The van der Waals surface area contributed by atoms with Gasteiger partial charge in [0.1, 0.15) is 18.1 Å². The van der Waals surface area contributed by atoms with Gasteiger partial charge in [-0.15, -0.1) is 5.10 Å². The number of benzene rings is 1. The molecule has 0 saturated carbocycles. The summed E-state index contributed by atoms with van der Waals surface area (Å²) in [5.74, 6) is -0.444. The third-order valence-corrected chi connectivity index (χ3v) is 4.99. The summed E-state index contributed by atoms with van der Waals surface area (Å²) in [6, 6.07) is 8.50. The van der Waals surface area contributed by atoms with Crippen LogP contribution in [0.15, 0.2) is 42.6 Å². The van der Waals surface area contributed by atoms with Gasteiger partial charge in [0.2, 0.25) is 11.8 Å². The third-order valence-electron chi connectivity index (χ3n) is 4.99. The first kappa shape index (κ1) is 23.1. The largest absolute Gasteiger partial charge is 0.471 e. The molecule has 0 fully saturated rings. The Labute approximate surface area is 193 Å². The molecule has 8 nitrogen and oxygen atoms in total. The van der Waals surface area contributed by atoms with Crippen LogP contribution in [0.5, 0.6) is 5.88 Å². The average Bonchev–Trinajstić information content (AvgIpc) is 3.26. The van der Waals surface area contributed by atoms with E-state index >= 15 is 0 Å². The number of rotatable bonds is 7. The Balaban J connectivity index is 1.89. The van der Waals surface area contributed by atoms with Gasteiger partial charge < -0.3 is 10.5 Å². The van der Waals surface area contributed by atoms with Crippen molar-refractivity contribution in [1.82, 2.24) is 29.9 Å². The zero-order chi connectivity index (χ0) is 24.4. The van der Waals surface area contributed by atoms with Crippen molar-refractivity contribution in [2.24, 2.45) is 0 Å². The van der Waals surface area contributed by atoms with Crippen molar-refractivity contribution in [2.45, 2.75) is 39.8 Å². The summed E-state index contributed by atoms with van der Waals surface area (Å²) < 4.78 is 48.3. The third kappa shape index (κ3) is 4.82. The zero-order valence-corrected chi connectivity index (χ0v) is 18.7. The number of pyridine rings is 1. The predicted octanol–water partition coefficient (Wildman–Crippen LogP) is 4.92. The molecule has 3 aromatic heterocycles. The molecule has 0 bridgehead atoms. The smallest absolute Gasteiger partial charge is 0.280 e. The van der Waals surface area contributed by atoms with Crippen LogP contribution in [0.25, 0.3) is 22.4 Å². The number of nitrogens with two attached hydrogens (primary N) is 1. The highest BCUT2D eigenvalue weighted by Gasteiger charge is 2.22. The molecule has 0 spiro atoms. The first-order chi connectivity index (χ1) is 16.2. The minimum Gasteiger partial charge on any atom is -0.471 e. The Morgan fingerprint density at radius 3 is 2.44 bits per heavy atom. The van der Waals surface area contributed by atoms with Gasteiger partial charge in [0, 0.05) is 17.3 Å². The molecule has 0 aliphatic rings. The Kier molecular flexibility index (Phi) is 6.44. The van der Waals surface area contributed by atoms with E-state index in [4.69, 9.17) is 10.5 Å². The highest BCUT2D eigenvalue weighted by atomic mass is 19.3. The SMILES string of the molecule is Cc1cc(-c2c(OCc3cnnn3C(C)C)nc(N)nc2-c2ccc(F)cc2)cc(C(F)F)n1. The monoisotopic (exact) mass is 469 g/mol. The first-order valence-electron chi connectivity index (χ1n) is 10.5. The second kappa shape index (κ2) is 9.46. The maximum absolute atomic E-state index is 13.6. The number of nitrogen functional groups attached to an aromatic ring is 1. The van der Waals surface area contributed by atoms with Crippen molar-refractivity contribution in [3.8, 4) is 28.3 Å². The number of anilines is 1. The molecule has 4 rings (SSSR count). The quantitative estimate of drug-likeness (QED) is 0.409. The van der Waals surface area contributed by atoms with Gasteiger partial charge in [0.05, 0.1) is 23.1 Å². The van der Waals surface area contributed by atoms with Crippen molar-refractivity contribution < 1.29 is 17.9 Å². The first-order valence-corrected chi connectivity index (χ1v) is 10.5. The lowest BCUT2D eigenvalue weighted by atomic mass is 9.99. The van der Waals surface area contributed by atoms with Gasteiger partial charge in [-0.2, -0.15) is 4.98 Å². The highest BCUT2D eigenvalue weighted by Crippen LogP contribution is 2.39. The van der Waals surface area contributed by atoms with Gasteiger partial charge >= 0.3 is 0 Å². The van der Waals surface area contributed by atoms with Crippen molar-refractivity contribution >= 4 is 5.95 Å². The number of hydrogen-bond donors (Lipinski definition) is 1. The maximum Gasteiger partial charge on any atom is 0.280 e. The number of halogens is 3. The molecule has 4 aromatic rings. The summed E-state index contributed by atoms with van der Waals surface area (Å²) >= 11 is 0. The number of hydrogen-bond acceptors (Lipinski definition) is 7. The molecule has 11 heteroatoms. The Morgan fingerprint density at radius 1 is 1.03 bits per heavy atom. The predicted molar refractivity (Wildman–Crippen MR) is 120 cm³/mol. The molecule has 176 valence electrons. The van der Waals surface area contributed by atoms with Crippen LogP contribution in [0, 0.1) is 12.7 Å². The van der Waals surface area contributed by atoms with Gasteiger partial charge in [-0.25, -0.2) is 22.8 Å². The zero-order valence-electron chi connectivity index (χ0n) is 18.7. The van der Waals surface area contributed by atoms with Crippen LogP contribution in [0.1, 0.15) is 43.4 Å². The lowest BCUT2D eigenvalue weighted by molar-refractivity contribution is 0.146. The van der Waals surface area contributed by atoms with E-state index < -0.39 is 17.9 Å². The molecule has 2 N–H and O–H groups in total. The lowest BCUT2D eigenvalue weighted by Gasteiger charge is -2.17. The second-order valence-corrected chi connectivity index (χ2v) is 7.89. The fourth-order valence-corrected chi connectivity index (χ4v) is 3.53. The minimum atomic E-state index is -2.78.